The zero-order valence-electron chi connectivity index (χ0n) is 32.6. The maximum absolute atomic E-state index is 2.93. The summed E-state index contributed by atoms with van der Waals surface area (Å²) >= 11 is 0. The largest absolute Gasteiger partial charge is 0.184 e. The fourth-order valence-corrected chi connectivity index (χ4v) is 6.52. The van der Waals surface area contributed by atoms with Gasteiger partial charge in [-0.1, -0.05) is 159 Å². The van der Waals surface area contributed by atoms with E-state index in [9.17, 15) is 0 Å². The topological polar surface area (TPSA) is 0 Å². The van der Waals surface area contributed by atoms with Crippen LogP contribution in [0.2, 0.25) is 0 Å². The summed E-state index contributed by atoms with van der Waals surface area (Å²) in [4.78, 5) is 0. The minimum Gasteiger partial charge on any atom is -0.184 e. The molecule has 0 nitrogen and oxygen atoms in total. The molecule has 0 saturated heterocycles. The summed E-state index contributed by atoms with van der Waals surface area (Å²) in [5.74, 6) is 0. The molecule has 0 unspecified atom stereocenters. The van der Waals surface area contributed by atoms with Crippen LogP contribution < -0.4 is 0 Å². The van der Waals surface area contributed by atoms with Crippen molar-refractivity contribution in [3.63, 3.8) is 0 Å². The second-order valence-corrected chi connectivity index (χ2v) is 12.5. The molecular weight excluding hydrogens is 653 g/mol. The van der Waals surface area contributed by atoms with Gasteiger partial charge in [0.25, 0.3) is 0 Å². The third kappa shape index (κ3) is 14.1. The normalized spacial score (nSPS) is 13.7. The molecule has 0 saturated carbocycles. The Morgan fingerprint density at radius 2 is 0.688 bits per heavy atom. The van der Waals surface area contributed by atoms with Crippen LogP contribution in [0.3, 0.4) is 0 Å². The molecule has 48 heavy (non-hydrogen) atoms. The smallest absolute Gasteiger partial charge is 0.0225 e. The molecule has 0 aliphatic heterocycles. The van der Waals surface area contributed by atoms with E-state index >= 15 is 0 Å². The first-order chi connectivity index (χ1) is 21.4. The summed E-state index contributed by atoms with van der Waals surface area (Å²) in [5.41, 5.74) is 12.4. The Bertz CT molecular complexity index is 1240. The van der Waals surface area contributed by atoms with E-state index in [0.717, 1.165) is 0 Å². The number of hydrogen-bond acceptors (Lipinski definition) is 0. The molecule has 2 aliphatic rings. The van der Waals surface area contributed by atoms with Crippen molar-refractivity contribution >= 4 is 0 Å². The third-order valence-electron chi connectivity index (χ3n) is 8.10. The SMILES string of the molecule is C.C.CC.CC.CC.CC.Cc1cc[c-]cc1.Cc1cc[c-]cc1.Cc1ccc2c(c1)C1(CC2(C)C)CC(C)(C)c2ccc(C)cc21.[Y]. The van der Waals surface area contributed by atoms with Crippen molar-refractivity contribution < 1.29 is 32.7 Å². The van der Waals surface area contributed by atoms with Gasteiger partial charge in [-0.25, -0.2) is 0 Å². The minimum absolute atomic E-state index is 0. The summed E-state index contributed by atoms with van der Waals surface area (Å²) in [6.45, 7) is 34.3. The molecule has 0 bridgehead atoms. The second-order valence-electron chi connectivity index (χ2n) is 12.5. The standard InChI is InChI=1S/C23H28.2C7H7.4C2H6.2CH4.Y/c1-15-7-9-17-19(11-15)23(13-21(17,3)4)14-22(5,6)18-10-8-16(2)12-20(18)23;2*1-7-5-3-2-4-6-7;4*1-2;;;/h7-12H,13-14H2,1-6H3;2*3-6H,1H3;4*1-2H3;2*1H4;/q;2*-1;;;;;;;. The molecule has 1 radical (unpaired) electrons. The molecule has 0 heterocycles. The van der Waals surface area contributed by atoms with Crippen LogP contribution in [-0.2, 0) is 49.0 Å². The molecule has 0 aromatic heterocycles. The first-order valence-corrected chi connectivity index (χ1v) is 17.5. The van der Waals surface area contributed by atoms with Gasteiger partial charge in [0.2, 0.25) is 0 Å². The Kier molecular flexibility index (Phi) is 28.5. The third-order valence-corrected chi connectivity index (χ3v) is 8.10. The van der Waals surface area contributed by atoms with Gasteiger partial charge in [-0.2, -0.15) is 71.8 Å². The van der Waals surface area contributed by atoms with Gasteiger partial charge >= 0.3 is 0 Å². The zero-order chi connectivity index (χ0) is 34.8. The van der Waals surface area contributed by atoms with Gasteiger partial charge in [-0.15, -0.1) is 0 Å². The fraction of sp³-hybridized carbons (Fsp3) is 0.489. The van der Waals surface area contributed by atoms with E-state index in [-0.39, 0.29) is 63.8 Å². The average Bonchev–Trinajstić information content (AvgIpc) is 3.41. The van der Waals surface area contributed by atoms with Crippen molar-refractivity contribution in [3.05, 3.63) is 142 Å². The van der Waals surface area contributed by atoms with Crippen LogP contribution in [0.4, 0.5) is 0 Å². The van der Waals surface area contributed by atoms with E-state index in [0.29, 0.717) is 0 Å². The van der Waals surface area contributed by atoms with Crippen LogP contribution in [0.5, 0.6) is 0 Å². The Labute approximate surface area is 326 Å². The van der Waals surface area contributed by atoms with Crippen molar-refractivity contribution in [2.24, 2.45) is 0 Å². The number of benzene rings is 4. The number of rotatable bonds is 0. The quantitative estimate of drug-likeness (QED) is 0.158. The van der Waals surface area contributed by atoms with E-state index in [1.54, 1.807) is 22.3 Å². The molecule has 1 heteroatoms. The molecule has 6 rings (SSSR count). The number of aryl methyl sites for hydroxylation is 4. The predicted octanol–water partition coefficient (Wildman–Crippen LogP) is 14.9. The van der Waals surface area contributed by atoms with Gasteiger partial charge in [-0.3, -0.25) is 0 Å². The summed E-state index contributed by atoms with van der Waals surface area (Å²) in [5, 5.41) is 0. The van der Waals surface area contributed by atoms with Gasteiger partial charge < -0.3 is 0 Å². The van der Waals surface area contributed by atoms with Crippen molar-refractivity contribution in [1.82, 2.24) is 0 Å². The van der Waals surface area contributed by atoms with Crippen LogP contribution >= 0.6 is 0 Å². The van der Waals surface area contributed by atoms with Crippen LogP contribution in [-0.4, -0.2) is 0 Å². The average molecular weight is 728 g/mol. The Balaban J connectivity index is -0.000000323. The monoisotopic (exact) mass is 727 g/mol. The van der Waals surface area contributed by atoms with E-state index < -0.39 is 0 Å². The Morgan fingerprint density at radius 1 is 0.417 bits per heavy atom. The molecule has 4 aromatic carbocycles. The van der Waals surface area contributed by atoms with Gasteiger partial charge in [0.15, 0.2) is 0 Å². The molecule has 2 aliphatic carbocycles. The number of hydrogen-bond donors (Lipinski definition) is 0. The molecule has 0 N–H and O–H groups in total. The maximum Gasteiger partial charge on any atom is 0.0225 e. The summed E-state index contributed by atoms with van der Waals surface area (Å²) < 4.78 is 0. The van der Waals surface area contributed by atoms with E-state index in [1.807, 2.05) is 104 Å². The van der Waals surface area contributed by atoms with Gasteiger partial charge in [0, 0.05) is 38.1 Å². The van der Waals surface area contributed by atoms with Crippen molar-refractivity contribution in [1.29, 1.82) is 0 Å². The first-order valence-electron chi connectivity index (χ1n) is 17.5. The molecular formula is C47H74Y-2. The van der Waals surface area contributed by atoms with Gasteiger partial charge in [0.05, 0.1) is 0 Å². The molecule has 267 valence electrons. The van der Waals surface area contributed by atoms with E-state index in [1.165, 1.54) is 35.1 Å². The molecule has 4 aromatic rings. The first kappa shape index (κ1) is 52.8. The van der Waals surface area contributed by atoms with E-state index in [2.05, 4.69) is 104 Å². The number of fused-ring (bicyclic) bond motifs is 4. The van der Waals surface area contributed by atoms with Crippen LogP contribution in [0, 0.1) is 39.8 Å². The summed E-state index contributed by atoms with van der Waals surface area (Å²) in [7, 11) is 0. The molecule has 0 fully saturated rings. The Morgan fingerprint density at radius 3 is 0.917 bits per heavy atom. The molecule has 0 amide bonds. The van der Waals surface area contributed by atoms with Gasteiger partial charge in [-0.05, 0) is 59.8 Å². The summed E-state index contributed by atoms with van der Waals surface area (Å²) in [6.07, 6.45) is 2.47. The maximum atomic E-state index is 2.93. The molecule has 0 atom stereocenters. The van der Waals surface area contributed by atoms with E-state index in [4.69, 9.17) is 0 Å². The van der Waals surface area contributed by atoms with Crippen LogP contribution in [0.15, 0.2) is 84.9 Å². The van der Waals surface area contributed by atoms with Gasteiger partial charge in [0.1, 0.15) is 0 Å². The predicted molar refractivity (Wildman–Crippen MR) is 217 cm³/mol. The van der Waals surface area contributed by atoms with Crippen molar-refractivity contribution in [3.8, 4) is 0 Å². The van der Waals surface area contributed by atoms with Crippen LogP contribution in [0.1, 0.15) is 155 Å². The molecule has 1 spiro atoms. The zero-order valence-corrected chi connectivity index (χ0v) is 35.4. The summed E-state index contributed by atoms with van der Waals surface area (Å²) in [6, 6.07) is 35.9. The Hall–Kier alpha value is -2.02. The second kappa shape index (κ2) is 25.9. The minimum atomic E-state index is 0. The van der Waals surface area contributed by atoms with Crippen molar-refractivity contribution in [2.75, 3.05) is 0 Å². The fourth-order valence-electron chi connectivity index (χ4n) is 6.52. The van der Waals surface area contributed by atoms with Crippen LogP contribution in [0.25, 0.3) is 0 Å². The van der Waals surface area contributed by atoms with Crippen molar-refractivity contribution in [2.45, 2.75) is 155 Å².